The molecule has 104 valence electrons. The summed E-state index contributed by atoms with van der Waals surface area (Å²) in [6.45, 7) is 0.721. The molecule has 1 heterocycles. The number of ether oxygens (including phenoxy) is 1. The van der Waals surface area contributed by atoms with Gasteiger partial charge in [0, 0.05) is 17.5 Å². The number of rotatable bonds is 4. The van der Waals surface area contributed by atoms with Gasteiger partial charge in [-0.2, -0.15) is 0 Å². The average molecular weight is 267 g/mol. The van der Waals surface area contributed by atoms with Crippen molar-refractivity contribution < 1.29 is 4.74 Å². The summed E-state index contributed by atoms with van der Waals surface area (Å²) in [5.74, 6) is 0.959. The lowest BCUT2D eigenvalue weighted by molar-refractivity contribution is 0.206. The number of nitrogens with two attached hydrogens (primary N) is 1. The summed E-state index contributed by atoms with van der Waals surface area (Å²) < 4.78 is 5.70. The molecule has 1 atom stereocenters. The van der Waals surface area contributed by atoms with Crippen molar-refractivity contribution in [2.75, 3.05) is 6.61 Å². The molecule has 0 saturated carbocycles. The maximum atomic E-state index is 6.65. The molecule has 20 heavy (non-hydrogen) atoms. The zero-order valence-electron chi connectivity index (χ0n) is 11.7. The summed E-state index contributed by atoms with van der Waals surface area (Å²) in [5, 5.41) is 0. The van der Waals surface area contributed by atoms with E-state index >= 15 is 0 Å². The van der Waals surface area contributed by atoms with Crippen LogP contribution in [-0.4, -0.2) is 6.61 Å². The van der Waals surface area contributed by atoms with E-state index in [0.717, 1.165) is 38.0 Å². The average Bonchev–Trinajstić information content (AvgIpc) is 2.49. The Balaban J connectivity index is 1.68. The second-order valence-electron chi connectivity index (χ2n) is 5.59. The second kappa shape index (κ2) is 5.68. The van der Waals surface area contributed by atoms with Gasteiger partial charge in [-0.15, -0.1) is 0 Å². The summed E-state index contributed by atoms with van der Waals surface area (Å²) in [7, 11) is 0. The highest BCUT2D eigenvalue weighted by atomic mass is 16.5. The van der Waals surface area contributed by atoms with E-state index in [4.69, 9.17) is 10.5 Å². The molecule has 0 bridgehead atoms. The van der Waals surface area contributed by atoms with Crippen LogP contribution in [0.1, 0.15) is 30.4 Å². The van der Waals surface area contributed by atoms with Gasteiger partial charge in [0.05, 0.1) is 6.61 Å². The van der Waals surface area contributed by atoms with E-state index in [0.29, 0.717) is 0 Å². The van der Waals surface area contributed by atoms with Crippen molar-refractivity contribution in [2.24, 2.45) is 5.73 Å². The number of aryl methyl sites for hydroxylation is 1. The number of benzene rings is 2. The molecular formula is C18H21NO. The summed E-state index contributed by atoms with van der Waals surface area (Å²) in [6.07, 6.45) is 4.10. The second-order valence-corrected chi connectivity index (χ2v) is 5.59. The zero-order chi connectivity index (χ0) is 13.8. The Kier molecular flexibility index (Phi) is 3.75. The Hall–Kier alpha value is -1.80. The molecule has 0 fully saturated rings. The van der Waals surface area contributed by atoms with Crippen molar-refractivity contribution in [3.63, 3.8) is 0 Å². The van der Waals surface area contributed by atoms with Crippen LogP contribution in [0.3, 0.4) is 0 Å². The molecule has 2 heteroatoms. The standard InChI is InChI=1S/C18H21NO/c19-18(12-6-9-15-7-2-1-3-8-15)13-14-20-17-11-5-4-10-16(17)18/h1-5,7-8,10-11H,6,9,12-14,19H2. The lowest BCUT2D eigenvalue weighted by atomic mass is 9.81. The van der Waals surface area contributed by atoms with Crippen molar-refractivity contribution in [1.82, 2.24) is 0 Å². The minimum atomic E-state index is -0.233. The van der Waals surface area contributed by atoms with Crippen LogP contribution in [0.25, 0.3) is 0 Å². The maximum absolute atomic E-state index is 6.65. The molecule has 0 aliphatic carbocycles. The number of hydrogen-bond acceptors (Lipinski definition) is 2. The van der Waals surface area contributed by atoms with Crippen molar-refractivity contribution in [1.29, 1.82) is 0 Å². The van der Waals surface area contributed by atoms with E-state index in [9.17, 15) is 0 Å². The highest BCUT2D eigenvalue weighted by Crippen LogP contribution is 2.38. The van der Waals surface area contributed by atoms with Gasteiger partial charge in [0.1, 0.15) is 5.75 Å². The van der Waals surface area contributed by atoms with E-state index < -0.39 is 0 Å². The third-order valence-electron chi connectivity index (χ3n) is 4.16. The third-order valence-corrected chi connectivity index (χ3v) is 4.16. The van der Waals surface area contributed by atoms with Crippen molar-refractivity contribution >= 4 is 0 Å². The topological polar surface area (TPSA) is 35.2 Å². The summed E-state index contributed by atoms with van der Waals surface area (Å²) in [5.41, 5.74) is 8.97. The Morgan fingerprint density at radius 2 is 1.75 bits per heavy atom. The minimum absolute atomic E-state index is 0.233. The molecule has 0 saturated heterocycles. The first-order valence-corrected chi connectivity index (χ1v) is 7.33. The molecule has 1 aliphatic rings. The summed E-state index contributed by atoms with van der Waals surface area (Å²) >= 11 is 0. The lowest BCUT2D eigenvalue weighted by Gasteiger charge is -2.35. The van der Waals surface area contributed by atoms with Gasteiger partial charge in [-0.05, 0) is 30.9 Å². The van der Waals surface area contributed by atoms with Crippen LogP contribution >= 0.6 is 0 Å². The molecule has 2 aromatic carbocycles. The molecule has 2 N–H and O–H groups in total. The smallest absolute Gasteiger partial charge is 0.124 e. The Morgan fingerprint density at radius 1 is 1.00 bits per heavy atom. The first-order valence-electron chi connectivity index (χ1n) is 7.33. The van der Waals surface area contributed by atoms with E-state index in [1.165, 1.54) is 11.1 Å². The van der Waals surface area contributed by atoms with Crippen LogP contribution in [0.5, 0.6) is 5.75 Å². The van der Waals surface area contributed by atoms with Gasteiger partial charge >= 0.3 is 0 Å². The first-order chi connectivity index (χ1) is 9.78. The van der Waals surface area contributed by atoms with Crippen LogP contribution < -0.4 is 10.5 Å². The Morgan fingerprint density at radius 3 is 2.60 bits per heavy atom. The maximum Gasteiger partial charge on any atom is 0.124 e. The molecular weight excluding hydrogens is 246 g/mol. The van der Waals surface area contributed by atoms with Crippen LogP contribution in [-0.2, 0) is 12.0 Å². The van der Waals surface area contributed by atoms with Crippen LogP contribution in [0.15, 0.2) is 54.6 Å². The Labute approximate surface area is 120 Å². The number of para-hydroxylation sites is 1. The van der Waals surface area contributed by atoms with E-state index in [1.807, 2.05) is 18.2 Å². The molecule has 1 aliphatic heterocycles. The predicted molar refractivity (Wildman–Crippen MR) is 81.8 cm³/mol. The molecule has 2 nitrogen and oxygen atoms in total. The molecule has 2 aromatic rings. The molecule has 0 amide bonds. The first kappa shape index (κ1) is 13.2. The van der Waals surface area contributed by atoms with Crippen molar-refractivity contribution in [2.45, 2.75) is 31.2 Å². The largest absolute Gasteiger partial charge is 0.493 e. The fourth-order valence-electron chi connectivity index (χ4n) is 2.99. The van der Waals surface area contributed by atoms with Gasteiger partial charge in [0.15, 0.2) is 0 Å². The highest BCUT2D eigenvalue weighted by Gasteiger charge is 2.32. The van der Waals surface area contributed by atoms with Gasteiger partial charge in [-0.25, -0.2) is 0 Å². The van der Waals surface area contributed by atoms with Crippen LogP contribution in [0.2, 0.25) is 0 Å². The predicted octanol–water partition coefficient (Wildman–Crippen LogP) is 3.65. The van der Waals surface area contributed by atoms with E-state index in [-0.39, 0.29) is 5.54 Å². The quantitative estimate of drug-likeness (QED) is 0.917. The summed E-state index contributed by atoms with van der Waals surface area (Å²) in [4.78, 5) is 0. The highest BCUT2D eigenvalue weighted by molar-refractivity contribution is 5.40. The minimum Gasteiger partial charge on any atom is -0.493 e. The van der Waals surface area contributed by atoms with Crippen LogP contribution in [0, 0.1) is 0 Å². The molecule has 0 spiro atoms. The van der Waals surface area contributed by atoms with Gasteiger partial charge in [0.2, 0.25) is 0 Å². The molecule has 0 radical (unpaired) electrons. The zero-order valence-corrected chi connectivity index (χ0v) is 11.7. The fourth-order valence-corrected chi connectivity index (χ4v) is 2.99. The number of fused-ring (bicyclic) bond motifs is 1. The SMILES string of the molecule is NC1(CCCc2ccccc2)CCOc2ccccc21. The van der Waals surface area contributed by atoms with Crippen molar-refractivity contribution in [3.05, 3.63) is 65.7 Å². The number of hydrogen-bond donors (Lipinski definition) is 1. The van der Waals surface area contributed by atoms with Gasteiger partial charge in [-0.3, -0.25) is 0 Å². The van der Waals surface area contributed by atoms with E-state index in [2.05, 4.69) is 36.4 Å². The molecule has 0 aromatic heterocycles. The van der Waals surface area contributed by atoms with Gasteiger partial charge in [-0.1, -0.05) is 48.5 Å². The van der Waals surface area contributed by atoms with Gasteiger partial charge < -0.3 is 10.5 Å². The fraction of sp³-hybridized carbons (Fsp3) is 0.333. The Bertz CT molecular complexity index is 567. The third kappa shape index (κ3) is 2.70. The molecule has 3 rings (SSSR count). The van der Waals surface area contributed by atoms with E-state index in [1.54, 1.807) is 0 Å². The monoisotopic (exact) mass is 267 g/mol. The summed E-state index contributed by atoms with van der Waals surface area (Å²) in [6, 6.07) is 18.8. The van der Waals surface area contributed by atoms with Crippen molar-refractivity contribution in [3.8, 4) is 5.75 Å². The lowest BCUT2D eigenvalue weighted by Crippen LogP contribution is -2.41. The normalized spacial score (nSPS) is 21.1. The van der Waals surface area contributed by atoms with Crippen LogP contribution in [0.4, 0.5) is 0 Å². The van der Waals surface area contributed by atoms with Gasteiger partial charge in [0.25, 0.3) is 0 Å². The molecule has 1 unspecified atom stereocenters.